The third-order valence-corrected chi connectivity index (χ3v) is 2.44. The van der Waals surface area contributed by atoms with Crippen LogP contribution in [0.4, 0.5) is 0 Å². The summed E-state index contributed by atoms with van der Waals surface area (Å²) in [5.74, 6) is 6.00. The normalized spacial score (nSPS) is 9.31. The molecular formula is C14H9ClO. The highest BCUT2D eigenvalue weighted by Crippen LogP contribution is 2.16. The molecule has 0 heterocycles. The van der Waals surface area contributed by atoms with E-state index in [1.807, 2.05) is 24.3 Å². The molecule has 78 valence electrons. The minimum absolute atomic E-state index is 0.182. The Kier molecular flexibility index (Phi) is 3.14. The molecule has 0 aromatic heterocycles. The first-order chi connectivity index (χ1) is 7.77. The van der Waals surface area contributed by atoms with Crippen LogP contribution in [0.5, 0.6) is 5.75 Å². The molecule has 1 nitrogen and oxygen atoms in total. The standard InChI is InChI=1S/C14H9ClO/c15-13-7-3-1-5-11(13)9-10-12-6-2-4-8-14(12)16/h1-8,16H. The maximum Gasteiger partial charge on any atom is 0.131 e. The van der Waals surface area contributed by atoms with Crippen molar-refractivity contribution in [3.63, 3.8) is 0 Å². The van der Waals surface area contributed by atoms with Gasteiger partial charge in [0.05, 0.1) is 10.6 Å². The van der Waals surface area contributed by atoms with E-state index < -0.39 is 0 Å². The summed E-state index contributed by atoms with van der Waals surface area (Å²) in [6, 6.07) is 14.3. The van der Waals surface area contributed by atoms with Crippen molar-refractivity contribution >= 4 is 11.6 Å². The summed E-state index contributed by atoms with van der Waals surface area (Å²) in [5.41, 5.74) is 1.36. The fourth-order valence-electron chi connectivity index (χ4n) is 1.28. The highest BCUT2D eigenvalue weighted by atomic mass is 35.5. The summed E-state index contributed by atoms with van der Waals surface area (Å²) >= 11 is 5.97. The summed E-state index contributed by atoms with van der Waals surface area (Å²) in [5, 5.41) is 10.1. The smallest absolute Gasteiger partial charge is 0.131 e. The summed E-state index contributed by atoms with van der Waals surface area (Å²) in [4.78, 5) is 0. The maximum atomic E-state index is 9.52. The Hall–Kier alpha value is -1.91. The highest BCUT2D eigenvalue weighted by molar-refractivity contribution is 6.31. The van der Waals surface area contributed by atoms with Gasteiger partial charge in [-0.25, -0.2) is 0 Å². The van der Waals surface area contributed by atoms with Crippen molar-refractivity contribution in [2.24, 2.45) is 0 Å². The van der Waals surface area contributed by atoms with Gasteiger partial charge in [0.15, 0.2) is 0 Å². The van der Waals surface area contributed by atoms with Gasteiger partial charge in [0.2, 0.25) is 0 Å². The number of hydrogen-bond donors (Lipinski definition) is 1. The predicted molar refractivity (Wildman–Crippen MR) is 65.5 cm³/mol. The van der Waals surface area contributed by atoms with Crippen molar-refractivity contribution in [1.82, 2.24) is 0 Å². The number of para-hydroxylation sites is 1. The minimum Gasteiger partial charge on any atom is -0.507 e. The van der Waals surface area contributed by atoms with Gasteiger partial charge in [0.1, 0.15) is 5.75 Å². The molecular weight excluding hydrogens is 220 g/mol. The number of phenols is 1. The molecule has 1 N–H and O–H groups in total. The lowest BCUT2D eigenvalue weighted by Crippen LogP contribution is -1.78. The molecule has 0 aliphatic carbocycles. The Morgan fingerprint density at radius 2 is 1.38 bits per heavy atom. The molecule has 2 aromatic carbocycles. The quantitative estimate of drug-likeness (QED) is 0.685. The maximum absolute atomic E-state index is 9.52. The van der Waals surface area contributed by atoms with Crippen molar-refractivity contribution in [3.05, 3.63) is 64.7 Å². The number of rotatable bonds is 0. The van der Waals surface area contributed by atoms with Crippen molar-refractivity contribution in [3.8, 4) is 17.6 Å². The lowest BCUT2D eigenvalue weighted by atomic mass is 10.1. The zero-order chi connectivity index (χ0) is 11.4. The number of halogens is 1. The topological polar surface area (TPSA) is 20.2 Å². The van der Waals surface area contributed by atoms with E-state index in [9.17, 15) is 5.11 Å². The fraction of sp³-hybridized carbons (Fsp3) is 0. The van der Waals surface area contributed by atoms with Crippen LogP contribution in [0.15, 0.2) is 48.5 Å². The van der Waals surface area contributed by atoms with E-state index in [0.717, 1.165) is 5.56 Å². The van der Waals surface area contributed by atoms with Gasteiger partial charge >= 0.3 is 0 Å². The molecule has 0 saturated heterocycles. The Bertz CT molecular complexity index is 515. The lowest BCUT2D eigenvalue weighted by molar-refractivity contribution is 0.473. The van der Waals surface area contributed by atoms with Gasteiger partial charge in [-0.3, -0.25) is 0 Å². The van der Waals surface area contributed by atoms with Gasteiger partial charge in [0.25, 0.3) is 0 Å². The summed E-state index contributed by atoms with van der Waals surface area (Å²) in [6.07, 6.45) is 0. The third-order valence-electron chi connectivity index (χ3n) is 2.11. The number of benzene rings is 2. The van der Waals surface area contributed by atoms with E-state index in [4.69, 9.17) is 11.6 Å². The minimum atomic E-state index is 0.182. The van der Waals surface area contributed by atoms with Crippen molar-refractivity contribution in [2.75, 3.05) is 0 Å². The van der Waals surface area contributed by atoms with Crippen LogP contribution >= 0.6 is 11.6 Å². The molecule has 0 amide bonds. The van der Waals surface area contributed by atoms with Gasteiger partial charge < -0.3 is 5.11 Å². The van der Waals surface area contributed by atoms with Crippen molar-refractivity contribution in [1.29, 1.82) is 0 Å². The van der Waals surface area contributed by atoms with Crippen LogP contribution in [-0.2, 0) is 0 Å². The first-order valence-corrected chi connectivity index (χ1v) is 5.20. The van der Waals surface area contributed by atoms with E-state index in [-0.39, 0.29) is 5.75 Å². The Labute approximate surface area is 99.3 Å². The van der Waals surface area contributed by atoms with Crippen LogP contribution in [-0.4, -0.2) is 5.11 Å². The third kappa shape index (κ3) is 2.36. The molecule has 0 unspecified atom stereocenters. The molecule has 0 fully saturated rings. The number of hydrogen-bond acceptors (Lipinski definition) is 1. The first-order valence-electron chi connectivity index (χ1n) is 4.82. The van der Waals surface area contributed by atoms with Crippen LogP contribution in [0, 0.1) is 11.8 Å². The highest BCUT2D eigenvalue weighted by Gasteiger charge is 1.95. The molecule has 0 saturated carbocycles. The summed E-state index contributed by atoms with van der Waals surface area (Å²) in [6.45, 7) is 0. The van der Waals surface area contributed by atoms with Gasteiger partial charge in [-0.15, -0.1) is 0 Å². The molecule has 0 aliphatic heterocycles. The van der Waals surface area contributed by atoms with Crippen LogP contribution in [0.25, 0.3) is 0 Å². The van der Waals surface area contributed by atoms with Crippen molar-refractivity contribution < 1.29 is 5.11 Å². The fourth-order valence-corrected chi connectivity index (χ4v) is 1.46. The van der Waals surface area contributed by atoms with Crippen LogP contribution in [0.3, 0.4) is 0 Å². The van der Waals surface area contributed by atoms with Crippen LogP contribution < -0.4 is 0 Å². The number of aromatic hydroxyl groups is 1. The van der Waals surface area contributed by atoms with E-state index >= 15 is 0 Å². The van der Waals surface area contributed by atoms with Gasteiger partial charge in [-0.1, -0.05) is 47.7 Å². The zero-order valence-corrected chi connectivity index (χ0v) is 9.20. The average molecular weight is 229 g/mol. The van der Waals surface area contributed by atoms with Gasteiger partial charge in [0, 0.05) is 5.56 Å². The van der Waals surface area contributed by atoms with E-state index in [2.05, 4.69) is 11.8 Å². The first kappa shape index (κ1) is 10.6. The molecule has 16 heavy (non-hydrogen) atoms. The molecule has 2 rings (SSSR count). The zero-order valence-electron chi connectivity index (χ0n) is 8.44. The average Bonchev–Trinajstić information content (AvgIpc) is 2.30. The van der Waals surface area contributed by atoms with E-state index in [1.165, 1.54) is 0 Å². The second-order valence-electron chi connectivity index (χ2n) is 3.25. The van der Waals surface area contributed by atoms with E-state index in [0.29, 0.717) is 10.6 Å². The predicted octanol–water partition coefficient (Wildman–Crippen LogP) is 3.45. The Morgan fingerprint density at radius 1 is 0.812 bits per heavy atom. The molecule has 0 radical (unpaired) electrons. The van der Waals surface area contributed by atoms with E-state index in [1.54, 1.807) is 24.3 Å². The monoisotopic (exact) mass is 228 g/mol. The summed E-state index contributed by atoms with van der Waals surface area (Å²) < 4.78 is 0. The largest absolute Gasteiger partial charge is 0.507 e. The second-order valence-corrected chi connectivity index (χ2v) is 3.65. The lowest BCUT2D eigenvalue weighted by Gasteiger charge is -1.95. The molecule has 0 spiro atoms. The molecule has 2 heteroatoms. The number of phenolic OH excluding ortho intramolecular Hbond substituents is 1. The molecule has 0 aliphatic rings. The van der Waals surface area contributed by atoms with Crippen LogP contribution in [0.2, 0.25) is 5.02 Å². The van der Waals surface area contributed by atoms with Crippen LogP contribution in [0.1, 0.15) is 11.1 Å². The summed E-state index contributed by atoms with van der Waals surface area (Å²) in [7, 11) is 0. The SMILES string of the molecule is Oc1ccccc1C#Cc1ccccc1Cl. The van der Waals surface area contributed by atoms with Crippen molar-refractivity contribution in [2.45, 2.75) is 0 Å². The van der Waals surface area contributed by atoms with Gasteiger partial charge in [-0.05, 0) is 24.3 Å². The van der Waals surface area contributed by atoms with Gasteiger partial charge in [-0.2, -0.15) is 0 Å². The second kappa shape index (κ2) is 4.74. The molecule has 2 aromatic rings. The molecule has 0 atom stereocenters. The Morgan fingerprint density at radius 3 is 2.06 bits per heavy atom. The molecule has 0 bridgehead atoms. The Balaban J connectivity index is 2.36.